The van der Waals surface area contributed by atoms with E-state index in [1.54, 1.807) is 6.92 Å². The lowest BCUT2D eigenvalue weighted by Crippen LogP contribution is -2.23. The van der Waals surface area contributed by atoms with E-state index < -0.39 is 10.0 Å². The summed E-state index contributed by atoms with van der Waals surface area (Å²) >= 11 is 0. The third kappa shape index (κ3) is 1.78. The largest absolute Gasteiger partial charge is 0.335 e. The quantitative estimate of drug-likeness (QED) is 0.662. The first kappa shape index (κ1) is 8.22. The second kappa shape index (κ2) is 3.02. The van der Waals surface area contributed by atoms with Crippen molar-refractivity contribution < 1.29 is 8.42 Å². The lowest BCUT2D eigenvalue weighted by molar-refractivity contribution is 0.580. The van der Waals surface area contributed by atoms with Crippen LogP contribution in [-0.2, 0) is 10.0 Å². The molecule has 1 aromatic heterocycles. The number of aromatic amines is 1. The van der Waals surface area contributed by atoms with Gasteiger partial charge in [0.1, 0.15) is 0 Å². The fourth-order valence-corrected chi connectivity index (χ4v) is 1.60. The van der Waals surface area contributed by atoms with Gasteiger partial charge in [-0.1, -0.05) is 6.92 Å². The highest BCUT2D eigenvalue weighted by atomic mass is 32.2. The summed E-state index contributed by atoms with van der Waals surface area (Å²) in [5.74, 6) is 0. The second-order valence-corrected chi connectivity index (χ2v) is 3.65. The Kier molecular flexibility index (Phi) is 2.25. The molecule has 6 heteroatoms. The molecule has 1 rings (SSSR count). The van der Waals surface area contributed by atoms with E-state index in [4.69, 9.17) is 0 Å². The molecule has 0 aliphatic heterocycles. The SMILES string of the molecule is CCNS(=O)(=O)c1cnc[nH]1. The van der Waals surface area contributed by atoms with E-state index >= 15 is 0 Å². The van der Waals surface area contributed by atoms with Gasteiger partial charge in [-0.2, -0.15) is 0 Å². The molecule has 0 aliphatic rings. The molecule has 11 heavy (non-hydrogen) atoms. The normalized spacial score (nSPS) is 11.7. The molecule has 5 nitrogen and oxygen atoms in total. The standard InChI is InChI=1S/C5H9N3O2S/c1-2-8-11(9,10)5-3-6-4-7-5/h3-4,8H,2H2,1H3,(H,6,7). The van der Waals surface area contributed by atoms with E-state index in [-0.39, 0.29) is 5.03 Å². The highest BCUT2D eigenvalue weighted by Gasteiger charge is 2.12. The summed E-state index contributed by atoms with van der Waals surface area (Å²) in [7, 11) is -3.34. The van der Waals surface area contributed by atoms with Crippen LogP contribution in [0.25, 0.3) is 0 Å². The first-order valence-electron chi connectivity index (χ1n) is 3.15. The van der Waals surface area contributed by atoms with Gasteiger partial charge >= 0.3 is 0 Å². The van der Waals surface area contributed by atoms with E-state index in [9.17, 15) is 8.42 Å². The van der Waals surface area contributed by atoms with Crippen molar-refractivity contribution in [2.24, 2.45) is 0 Å². The molecule has 0 radical (unpaired) electrons. The fourth-order valence-electron chi connectivity index (χ4n) is 0.658. The average molecular weight is 175 g/mol. The lowest BCUT2D eigenvalue weighted by Gasteiger charge is -1.98. The van der Waals surface area contributed by atoms with Crippen LogP contribution in [0.3, 0.4) is 0 Å². The fraction of sp³-hybridized carbons (Fsp3) is 0.400. The molecule has 0 atom stereocenters. The molecular formula is C5H9N3O2S. The molecule has 1 aromatic rings. The zero-order valence-corrected chi connectivity index (χ0v) is 6.85. The van der Waals surface area contributed by atoms with Crippen molar-refractivity contribution in [3.8, 4) is 0 Å². The highest BCUT2D eigenvalue weighted by molar-refractivity contribution is 7.89. The van der Waals surface area contributed by atoms with Crippen LogP contribution in [0.2, 0.25) is 0 Å². The topological polar surface area (TPSA) is 74.8 Å². The number of nitrogens with zero attached hydrogens (tertiary/aromatic N) is 1. The molecule has 0 amide bonds. The summed E-state index contributed by atoms with van der Waals surface area (Å²) in [5.41, 5.74) is 0. The number of H-pyrrole nitrogens is 1. The number of hydrogen-bond donors (Lipinski definition) is 2. The van der Waals surface area contributed by atoms with Crippen molar-refractivity contribution >= 4 is 10.0 Å². The number of imidazole rings is 1. The second-order valence-electron chi connectivity index (χ2n) is 1.92. The van der Waals surface area contributed by atoms with E-state index in [0.717, 1.165) is 0 Å². The minimum Gasteiger partial charge on any atom is -0.335 e. The van der Waals surface area contributed by atoms with Gasteiger partial charge in [0.2, 0.25) is 0 Å². The highest BCUT2D eigenvalue weighted by Crippen LogP contribution is 2.00. The Morgan fingerprint density at radius 2 is 2.45 bits per heavy atom. The molecule has 0 saturated carbocycles. The van der Waals surface area contributed by atoms with Crippen LogP contribution in [0.15, 0.2) is 17.6 Å². The summed E-state index contributed by atoms with van der Waals surface area (Å²) in [5, 5.41) is 0.0966. The van der Waals surface area contributed by atoms with Gasteiger partial charge < -0.3 is 4.98 Å². The van der Waals surface area contributed by atoms with Gasteiger partial charge in [0.15, 0.2) is 5.03 Å². The number of rotatable bonds is 3. The molecule has 0 aliphatic carbocycles. The summed E-state index contributed by atoms with van der Waals surface area (Å²) in [6, 6.07) is 0. The summed E-state index contributed by atoms with van der Waals surface area (Å²) in [6.07, 6.45) is 2.59. The van der Waals surface area contributed by atoms with E-state index in [0.29, 0.717) is 6.54 Å². The molecule has 0 bridgehead atoms. The third-order valence-corrected chi connectivity index (χ3v) is 2.57. The van der Waals surface area contributed by atoms with Crippen LogP contribution in [0.4, 0.5) is 0 Å². The molecule has 0 unspecified atom stereocenters. The van der Waals surface area contributed by atoms with Gasteiger partial charge in [0.05, 0.1) is 12.5 Å². The molecule has 2 N–H and O–H groups in total. The summed E-state index contributed by atoms with van der Waals surface area (Å²) in [4.78, 5) is 6.10. The van der Waals surface area contributed by atoms with Gasteiger partial charge in [-0.25, -0.2) is 18.1 Å². The summed E-state index contributed by atoms with van der Waals surface area (Å²) in [6.45, 7) is 2.09. The minimum atomic E-state index is -3.34. The van der Waals surface area contributed by atoms with Gasteiger partial charge in [-0.05, 0) is 0 Å². The maximum atomic E-state index is 11.1. The van der Waals surface area contributed by atoms with Crippen molar-refractivity contribution in [2.75, 3.05) is 6.54 Å². The monoisotopic (exact) mass is 175 g/mol. The zero-order valence-electron chi connectivity index (χ0n) is 6.03. The van der Waals surface area contributed by atoms with Crippen LogP contribution in [-0.4, -0.2) is 24.9 Å². The van der Waals surface area contributed by atoms with E-state index in [1.807, 2.05) is 0 Å². The van der Waals surface area contributed by atoms with Gasteiger partial charge in [-0.3, -0.25) is 0 Å². The molecule has 1 heterocycles. The maximum Gasteiger partial charge on any atom is 0.257 e. The van der Waals surface area contributed by atoms with E-state index in [1.165, 1.54) is 12.5 Å². The predicted molar refractivity (Wildman–Crippen MR) is 39.5 cm³/mol. The molecule has 0 saturated heterocycles. The number of nitrogens with one attached hydrogen (secondary N) is 2. The van der Waals surface area contributed by atoms with Crippen LogP contribution in [0, 0.1) is 0 Å². The first-order valence-corrected chi connectivity index (χ1v) is 4.63. The Hall–Kier alpha value is -0.880. The predicted octanol–water partition coefficient (Wildman–Crippen LogP) is -0.292. The number of aromatic nitrogens is 2. The minimum absolute atomic E-state index is 0.0966. The number of sulfonamides is 1. The van der Waals surface area contributed by atoms with Gasteiger partial charge in [0.25, 0.3) is 10.0 Å². The molecule has 0 spiro atoms. The first-order chi connectivity index (χ1) is 5.17. The molecular weight excluding hydrogens is 166 g/mol. The Morgan fingerprint density at radius 3 is 2.91 bits per heavy atom. The Bertz CT molecular complexity index is 302. The third-order valence-electron chi connectivity index (χ3n) is 1.10. The van der Waals surface area contributed by atoms with Crippen LogP contribution in [0.5, 0.6) is 0 Å². The van der Waals surface area contributed by atoms with Crippen LogP contribution in [0.1, 0.15) is 6.92 Å². The van der Waals surface area contributed by atoms with Crippen molar-refractivity contribution in [1.82, 2.24) is 14.7 Å². The van der Waals surface area contributed by atoms with Crippen molar-refractivity contribution in [2.45, 2.75) is 11.9 Å². The van der Waals surface area contributed by atoms with Crippen molar-refractivity contribution in [3.05, 3.63) is 12.5 Å². The van der Waals surface area contributed by atoms with Gasteiger partial charge in [-0.15, -0.1) is 0 Å². The summed E-state index contributed by atoms with van der Waals surface area (Å²) < 4.78 is 24.5. The average Bonchev–Trinajstić information content (AvgIpc) is 2.37. The van der Waals surface area contributed by atoms with Crippen molar-refractivity contribution in [1.29, 1.82) is 0 Å². The maximum absolute atomic E-state index is 11.1. The molecule has 0 fully saturated rings. The smallest absolute Gasteiger partial charge is 0.257 e. The van der Waals surface area contributed by atoms with Crippen LogP contribution < -0.4 is 4.72 Å². The molecule has 62 valence electrons. The van der Waals surface area contributed by atoms with Crippen molar-refractivity contribution in [3.63, 3.8) is 0 Å². The number of hydrogen-bond acceptors (Lipinski definition) is 3. The Labute approximate surface area is 64.9 Å². The van der Waals surface area contributed by atoms with E-state index in [2.05, 4.69) is 14.7 Å². The zero-order chi connectivity index (χ0) is 8.32. The molecule has 0 aromatic carbocycles. The van der Waals surface area contributed by atoms with Gasteiger partial charge in [0, 0.05) is 6.54 Å². The Balaban J connectivity index is 2.92. The lowest BCUT2D eigenvalue weighted by atomic mass is 10.8. The Morgan fingerprint density at radius 1 is 1.73 bits per heavy atom. The van der Waals surface area contributed by atoms with Crippen LogP contribution >= 0.6 is 0 Å².